The van der Waals surface area contributed by atoms with Crippen LogP contribution in [-0.4, -0.2) is 32.9 Å². The number of sulfonamides is 1. The molecule has 5 heteroatoms. The van der Waals surface area contributed by atoms with E-state index >= 15 is 0 Å². The van der Waals surface area contributed by atoms with E-state index < -0.39 is 10.0 Å². The van der Waals surface area contributed by atoms with Gasteiger partial charge in [-0.2, -0.15) is 4.31 Å². The predicted molar refractivity (Wildman–Crippen MR) is 72.6 cm³/mol. The van der Waals surface area contributed by atoms with Gasteiger partial charge in [0.05, 0.1) is 12.0 Å². The average molecular weight is 271 g/mol. The molecule has 18 heavy (non-hydrogen) atoms. The number of hydrogen-bond donors (Lipinski definition) is 0. The molecule has 4 nitrogen and oxygen atoms in total. The first-order chi connectivity index (χ1) is 8.38. The van der Waals surface area contributed by atoms with Crippen LogP contribution in [0.3, 0.4) is 0 Å². The number of aryl methyl sites for hydroxylation is 2. The van der Waals surface area contributed by atoms with E-state index in [1.807, 2.05) is 13.8 Å². The number of nitrogens with zero attached hydrogens (tertiary/aromatic N) is 1. The molecule has 0 aliphatic rings. The van der Waals surface area contributed by atoms with Crippen molar-refractivity contribution >= 4 is 10.0 Å². The molecular weight excluding hydrogens is 250 g/mol. The second-order valence-corrected chi connectivity index (χ2v) is 6.05. The van der Waals surface area contributed by atoms with Gasteiger partial charge in [0.2, 0.25) is 10.0 Å². The molecule has 0 N–H and O–H groups in total. The SMILES string of the molecule is CCN(CC)S(=O)(=O)c1c(C)cc(OC)cc1C. The van der Waals surface area contributed by atoms with Crippen molar-refractivity contribution in [3.05, 3.63) is 23.3 Å². The molecule has 0 unspecified atom stereocenters. The maximum absolute atomic E-state index is 12.5. The Morgan fingerprint density at radius 3 is 1.89 bits per heavy atom. The zero-order valence-electron chi connectivity index (χ0n) is 11.6. The molecule has 1 aromatic carbocycles. The normalized spacial score (nSPS) is 11.9. The van der Waals surface area contributed by atoms with E-state index in [2.05, 4.69) is 0 Å². The Bertz CT molecular complexity index is 496. The standard InChI is InChI=1S/C13H21NO3S/c1-6-14(7-2)18(15,16)13-10(3)8-12(17-5)9-11(13)4/h8-9H,6-7H2,1-5H3. The Morgan fingerprint density at radius 2 is 1.56 bits per heavy atom. The van der Waals surface area contributed by atoms with Crippen LogP contribution in [0.25, 0.3) is 0 Å². The van der Waals surface area contributed by atoms with Crippen LogP contribution in [0.5, 0.6) is 5.75 Å². The lowest BCUT2D eigenvalue weighted by Crippen LogP contribution is -2.31. The van der Waals surface area contributed by atoms with Crippen molar-refractivity contribution in [3.8, 4) is 5.75 Å². The lowest BCUT2D eigenvalue weighted by molar-refractivity contribution is 0.413. The molecule has 0 spiro atoms. The molecule has 0 fully saturated rings. The fraction of sp³-hybridized carbons (Fsp3) is 0.538. The highest BCUT2D eigenvalue weighted by Gasteiger charge is 2.25. The molecule has 1 aromatic rings. The summed E-state index contributed by atoms with van der Waals surface area (Å²) >= 11 is 0. The molecule has 0 aliphatic heterocycles. The fourth-order valence-corrected chi connectivity index (χ4v) is 4.00. The van der Waals surface area contributed by atoms with Crippen molar-refractivity contribution in [3.63, 3.8) is 0 Å². The molecule has 0 radical (unpaired) electrons. The number of methoxy groups -OCH3 is 1. The second kappa shape index (κ2) is 5.71. The van der Waals surface area contributed by atoms with Crippen LogP contribution in [0.2, 0.25) is 0 Å². The van der Waals surface area contributed by atoms with E-state index in [-0.39, 0.29) is 0 Å². The molecular formula is C13H21NO3S. The maximum Gasteiger partial charge on any atom is 0.243 e. The Morgan fingerprint density at radius 1 is 1.11 bits per heavy atom. The summed E-state index contributed by atoms with van der Waals surface area (Å²) < 4.78 is 31.7. The van der Waals surface area contributed by atoms with Crippen molar-refractivity contribution in [1.82, 2.24) is 4.31 Å². The summed E-state index contributed by atoms with van der Waals surface area (Å²) in [6.07, 6.45) is 0. The minimum atomic E-state index is -3.41. The topological polar surface area (TPSA) is 46.6 Å². The third-order valence-corrected chi connectivity index (χ3v) is 5.33. The van der Waals surface area contributed by atoms with E-state index in [0.29, 0.717) is 23.7 Å². The zero-order chi connectivity index (χ0) is 13.9. The first-order valence-electron chi connectivity index (χ1n) is 6.03. The van der Waals surface area contributed by atoms with Crippen LogP contribution in [0, 0.1) is 13.8 Å². The molecule has 102 valence electrons. The number of hydrogen-bond acceptors (Lipinski definition) is 3. The van der Waals surface area contributed by atoms with Crippen LogP contribution in [0.1, 0.15) is 25.0 Å². The zero-order valence-corrected chi connectivity index (χ0v) is 12.5. The van der Waals surface area contributed by atoms with Gasteiger partial charge in [0.15, 0.2) is 0 Å². The number of rotatable bonds is 5. The minimum Gasteiger partial charge on any atom is -0.497 e. The van der Waals surface area contributed by atoms with Crippen LogP contribution < -0.4 is 4.74 Å². The van der Waals surface area contributed by atoms with E-state index in [1.165, 1.54) is 4.31 Å². The monoisotopic (exact) mass is 271 g/mol. The van der Waals surface area contributed by atoms with Gasteiger partial charge in [0.1, 0.15) is 5.75 Å². The highest BCUT2D eigenvalue weighted by Crippen LogP contribution is 2.27. The van der Waals surface area contributed by atoms with Gasteiger partial charge in [0.25, 0.3) is 0 Å². The summed E-state index contributed by atoms with van der Waals surface area (Å²) in [5.74, 6) is 0.684. The third-order valence-electron chi connectivity index (χ3n) is 2.97. The van der Waals surface area contributed by atoms with Crippen molar-refractivity contribution < 1.29 is 13.2 Å². The lowest BCUT2D eigenvalue weighted by atomic mass is 10.1. The summed E-state index contributed by atoms with van der Waals surface area (Å²) in [6.45, 7) is 8.23. The summed E-state index contributed by atoms with van der Waals surface area (Å²) in [5.41, 5.74) is 1.44. The molecule has 0 saturated heterocycles. The van der Waals surface area contributed by atoms with Gasteiger partial charge in [-0.05, 0) is 37.1 Å². The second-order valence-electron chi connectivity index (χ2n) is 4.18. The van der Waals surface area contributed by atoms with E-state index in [9.17, 15) is 8.42 Å². The van der Waals surface area contributed by atoms with Gasteiger partial charge in [-0.1, -0.05) is 13.8 Å². The van der Waals surface area contributed by atoms with Gasteiger partial charge < -0.3 is 4.74 Å². The molecule has 0 atom stereocenters. The molecule has 1 rings (SSSR count). The number of benzene rings is 1. The van der Waals surface area contributed by atoms with Gasteiger partial charge in [-0.15, -0.1) is 0 Å². The highest BCUT2D eigenvalue weighted by molar-refractivity contribution is 7.89. The van der Waals surface area contributed by atoms with Gasteiger partial charge in [0, 0.05) is 13.1 Å². The Labute approximate surface area is 110 Å². The molecule has 0 aliphatic carbocycles. The van der Waals surface area contributed by atoms with E-state index in [1.54, 1.807) is 33.1 Å². The Balaban J connectivity index is 3.42. The fourth-order valence-electron chi connectivity index (χ4n) is 2.13. The number of ether oxygens (including phenoxy) is 1. The van der Waals surface area contributed by atoms with Crippen molar-refractivity contribution in [2.75, 3.05) is 20.2 Å². The van der Waals surface area contributed by atoms with Crippen LogP contribution in [0.15, 0.2) is 17.0 Å². The first kappa shape index (κ1) is 15.0. The highest BCUT2D eigenvalue weighted by atomic mass is 32.2. The Hall–Kier alpha value is -1.07. The third kappa shape index (κ3) is 2.67. The molecule has 0 amide bonds. The van der Waals surface area contributed by atoms with Crippen LogP contribution >= 0.6 is 0 Å². The Kier molecular flexibility index (Phi) is 4.76. The summed E-state index contributed by atoms with van der Waals surface area (Å²) in [6, 6.07) is 3.51. The molecule has 0 saturated carbocycles. The quantitative estimate of drug-likeness (QED) is 0.826. The first-order valence-corrected chi connectivity index (χ1v) is 7.47. The van der Waals surface area contributed by atoms with E-state index in [4.69, 9.17) is 4.74 Å². The summed E-state index contributed by atoms with van der Waals surface area (Å²) in [4.78, 5) is 0.395. The van der Waals surface area contributed by atoms with Crippen molar-refractivity contribution in [2.24, 2.45) is 0 Å². The van der Waals surface area contributed by atoms with Crippen molar-refractivity contribution in [2.45, 2.75) is 32.6 Å². The van der Waals surface area contributed by atoms with Crippen LogP contribution in [-0.2, 0) is 10.0 Å². The predicted octanol–water partition coefficient (Wildman–Crippen LogP) is 2.34. The molecule has 0 bridgehead atoms. The smallest absolute Gasteiger partial charge is 0.243 e. The maximum atomic E-state index is 12.5. The van der Waals surface area contributed by atoms with Crippen molar-refractivity contribution in [1.29, 1.82) is 0 Å². The van der Waals surface area contributed by atoms with Gasteiger partial charge in [-0.25, -0.2) is 8.42 Å². The summed E-state index contributed by atoms with van der Waals surface area (Å²) in [7, 11) is -1.83. The van der Waals surface area contributed by atoms with E-state index in [0.717, 1.165) is 11.1 Å². The van der Waals surface area contributed by atoms with Gasteiger partial charge in [-0.3, -0.25) is 0 Å². The minimum absolute atomic E-state index is 0.395. The molecule has 0 heterocycles. The summed E-state index contributed by atoms with van der Waals surface area (Å²) in [5, 5.41) is 0. The lowest BCUT2D eigenvalue weighted by Gasteiger charge is -2.21. The van der Waals surface area contributed by atoms with Gasteiger partial charge >= 0.3 is 0 Å². The van der Waals surface area contributed by atoms with Crippen LogP contribution in [0.4, 0.5) is 0 Å². The largest absolute Gasteiger partial charge is 0.497 e. The average Bonchev–Trinajstić information content (AvgIpc) is 2.28. The molecule has 0 aromatic heterocycles.